The summed E-state index contributed by atoms with van der Waals surface area (Å²) in [5.41, 5.74) is 1.38. The molecule has 1 aromatic heterocycles. The molecule has 1 aliphatic rings. The molecule has 84 valence electrons. The third-order valence-electron chi connectivity index (χ3n) is 3.05. The molecular weight excluding hydrogens is 200 g/mol. The minimum absolute atomic E-state index is 0.0161. The van der Waals surface area contributed by atoms with Crippen LogP contribution in [0.4, 0.5) is 0 Å². The van der Waals surface area contributed by atoms with Gasteiger partial charge in [-0.15, -0.1) is 0 Å². The molecule has 0 aliphatic heterocycles. The highest BCUT2D eigenvalue weighted by atomic mass is 16.1. The Labute approximate surface area is 95.6 Å². The zero-order valence-electron chi connectivity index (χ0n) is 9.44. The number of amides is 1. The van der Waals surface area contributed by atoms with Crippen molar-refractivity contribution in [2.75, 3.05) is 6.54 Å². The third-order valence-corrected chi connectivity index (χ3v) is 3.05. The molecular formula is C13H16N2O. The lowest BCUT2D eigenvalue weighted by atomic mass is 9.98. The Bertz CT molecular complexity index is 394. The first-order chi connectivity index (χ1) is 7.77. The van der Waals surface area contributed by atoms with Crippen LogP contribution in [0.1, 0.15) is 25.3 Å². The molecule has 3 nitrogen and oxygen atoms in total. The molecule has 1 fully saturated rings. The van der Waals surface area contributed by atoms with Crippen molar-refractivity contribution in [3.63, 3.8) is 0 Å². The SMILES string of the molecule is C/C=C/C(=O)NCC1(c2cccnc2)CC1. The number of carbonyl (C=O) groups excluding carboxylic acids is 1. The summed E-state index contributed by atoms with van der Waals surface area (Å²) in [4.78, 5) is 15.5. The van der Waals surface area contributed by atoms with E-state index in [1.807, 2.05) is 19.2 Å². The molecule has 0 atom stereocenters. The van der Waals surface area contributed by atoms with E-state index in [1.165, 1.54) is 5.56 Å². The average molecular weight is 216 g/mol. The van der Waals surface area contributed by atoms with Gasteiger partial charge in [-0.25, -0.2) is 0 Å². The van der Waals surface area contributed by atoms with Crippen LogP contribution < -0.4 is 5.32 Å². The predicted octanol–water partition coefficient (Wildman–Crippen LogP) is 1.81. The highest BCUT2D eigenvalue weighted by Crippen LogP contribution is 2.47. The van der Waals surface area contributed by atoms with Crippen molar-refractivity contribution in [2.45, 2.75) is 25.2 Å². The first-order valence-electron chi connectivity index (χ1n) is 5.58. The van der Waals surface area contributed by atoms with Gasteiger partial charge in [-0.1, -0.05) is 12.1 Å². The predicted molar refractivity (Wildman–Crippen MR) is 63.0 cm³/mol. The lowest BCUT2D eigenvalue weighted by molar-refractivity contribution is -0.116. The second kappa shape index (κ2) is 4.47. The molecule has 0 unspecified atom stereocenters. The first kappa shape index (κ1) is 10.9. The highest BCUT2D eigenvalue weighted by molar-refractivity contribution is 5.87. The van der Waals surface area contributed by atoms with Gasteiger partial charge < -0.3 is 5.32 Å². The number of aromatic nitrogens is 1. The maximum Gasteiger partial charge on any atom is 0.243 e. The summed E-state index contributed by atoms with van der Waals surface area (Å²) in [7, 11) is 0. The fourth-order valence-electron chi connectivity index (χ4n) is 1.86. The second-order valence-corrected chi connectivity index (χ2v) is 4.24. The maximum absolute atomic E-state index is 11.3. The molecule has 1 aromatic rings. The molecule has 3 heteroatoms. The summed E-state index contributed by atoms with van der Waals surface area (Å²) in [6, 6.07) is 4.03. The number of carbonyl (C=O) groups is 1. The molecule has 0 radical (unpaired) electrons. The van der Waals surface area contributed by atoms with E-state index in [-0.39, 0.29) is 11.3 Å². The Kier molecular flexibility index (Phi) is 3.04. The van der Waals surface area contributed by atoms with Crippen LogP contribution in [0.3, 0.4) is 0 Å². The van der Waals surface area contributed by atoms with E-state index in [9.17, 15) is 4.79 Å². The summed E-state index contributed by atoms with van der Waals surface area (Å²) >= 11 is 0. The first-order valence-corrected chi connectivity index (χ1v) is 5.58. The van der Waals surface area contributed by atoms with Crippen LogP contribution in [0, 0.1) is 0 Å². The van der Waals surface area contributed by atoms with E-state index in [1.54, 1.807) is 18.3 Å². The molecule has 0 aromatic carbocycles. The van der Waals surface area contributed by atoms with Crippen molar-refractivity contribution in [3.05, 3.63) is 42.2 Å². The molecule has 0 bridgehead atoms. The summed E-state index contributed by atoms with van der Waals surface area (Å²) in [6.07, 6.45) is 9.24. The smallest absolute Gasteiger partial charge is 0.243 e. The molecule has 2 rings (SSSR count). The fourth-order valence-corrected chi connectivity index (χ4v) is 1.86. The Hall–Kier alpha value is -1.64. The van der Waals surface area contributed by atoms with Crippen molar-refractivity contribution in [2.24, 2.45) is 0 Å². The molecule has 1 aliphatic carbocycles. The van der Waals surface area contributed by atoms with E-state index in [0.717, 1.165) is 12.8 Å². The monoisotopic (exact) mass is 216 g/mol. The number of pyridine rings is 1. The summed E-state index contributed by atoms with van der Waals surface area (Å²) in [6.45, 7) is 2.55. The number of hydrogen-bond donors (Lipinski definition) is 1. The van der Waals surface area contributed by atoms with Crippen molar-refractivity contribution in [3.8, 4) is 0 Å². The van der Waals surface area contributed by atoms with Crippen LogP contribution in [-0.4, -0.2) is 17.4 Å². The zero-order valence-corrected chi connectivity index (χ0v) is 9.44. The van der Waals surface area contributed by atoms with Crippen molar-refractivity contribution >= 4 is 5.91 Å². The number of hydrogen-bond acceptors (Lipinski definition) is 2. The van der Waals surface area contributed by atoms with E-state index in [0.29, 0.717) is 6.54 Å². The highest BCUT2D eigenvalue weighted by Gasteiger charge is 2.44. The van der Waals surface area contributed by atoms with Crippen molar-refractivity contribution < 1.29 is 4.79 Å². The van der Waals surface area contributed by atoms with E-state index in [4.69, 9.17) is 0 Å². The van der Waals surface area contributed by atoms with Crippen LogP contribution in [0.15, 0.2) is 36.7 Å². The minimum atomic E-state index is -0.0161. The number of rotatable bonds is 4. The molecule has 0 spiro atoms. The number of nitrogens with one attached hydrogen (secondary N) is 1. The largest absolute Gasteiger partial charge is 0.352 e. The molecule has 1 N–H and O–H groups in total. The maximum atomic E-state index is 11.3. The minimum Gasteiger partial charge on any atom is -0.352 e. The fraction of sp³-hybridized carbons (Fsp3) is 0.385. The standard InChI is InChI=1S/C13H16N2O/c1-2-4-12(16)15-10-13(6-7-13)11-5-3-8-14-9-11/h2-5,8-9H,6-7,10H2,1H3,(H,15,16)/b4-2+. The van der Waals surface area contributed by atoms with Gasteiger partial charge in [0.15, 0.2) is 0 Å². The van der Waals surface area contributed by atoms with Gasteiger partial charge >= 0.3 is 0 Å². The van der Waals surface area contributed by atoms with Crippen molar-refractivity contribution in [1.82, 2.24) is 10.3 Å². The van der Waals surface area contributed by atoms with Gasteiger partial charge in [0.05, 0.1) is 0 Å². The summed E-state index contributed by atoms with van der Waals surface area (Å²) in [5.74, 6) is -0.0161. The van der Waals surface area contributed by atoms with Crippen LogP contribution in [-0.2, 0) is 10.2 Å². The second-order valence-electron chi connectivity index (χ2n) is 4.24. The molecule has 1 saturated carbocycles. The molecule has 16 heavy (non-hydrogen) atoms. The average Bonchev–Trinajstić information content (AvgIpc) is 3.09. The van der Waals surface area contributed by atoms with Gasteiger partial charge in [-0.2, -0.15) is 0 Å². The normalized spacial score (nSPS) is 17.3. The lowest BCUT2D eigenvalue weighted by Crippen LogP contribution is -2.31. The van der Waals surface area contributed by atoms with Crippen LogP contribution in [0.2, 0.25) is 0 Å². The summed E-state index contributed by atoms with van der Waals surface area (Å²) < 4.78 is 0. The zero-order chi connectivity index (χ0) is 11.4. The van der Waals surface area contributed by atoms with E-state index >= 15 is 0 Å². The van der Waals surface area contributed by atoms with Crippen LogP contribution in [0.25, 0.3) is 0 Å². The van der Waals surface area contributed by atoms with Gasteiger partial charge in [-0.05, 0) is 37.5 Å². The Balaban J connectivity index is 1.97. The molecule has 1 heterocycles. The molecule has 0 saturated heterocycles. The summed E-state index contributed by atoms with van der Waals surface area (Å²) in [5, 5.41) is 2.93. The lowest BCUT2D eigenvalue weighted by Gasteiger charge is -2.15. The number of nitrogens with zero attached hydrogens (tertiary/aromatic N) is 1. The van der Waals surface area contributed by atoms with Gasteiger partial charge in [0.1, 0.15) is 0 Å². The Morgan fingerprint density at radius 3 is 3.00 bits per heavy atom. The van der Waals surface area contributed by atoms with Crippen LogP contribution in [0.5, 0.6) is 0 Å². The third kappa shape index (κ3) is 2.30. The quantitative estimate of drug-likeness (QED) is 0.780. The topological polar surface area (TPSA) is 42.0 Å². The van der Waals surface area contributed by atoms with E-state index in [2.05, 4.69) is 16.4 Å². The van der Waals surface area contributed by atoms with Crippen LogP contribution >= 0.6 is 0 Å². The Morgan fingerprint density at radius 2 is 2.44 bits per heavy atom. The van der Waals surface area contributed by atoms with E-state index < -0.39 is 0 Å². The van der Waals surface area contributed by atoms with Gasteiger partial charge in [0, 0.05) is 24.4 Å². The van der Waals surface area contributed by atoms with Crippen molar-refractivity contribution in [1.29, 1.82) is 0 Å². The molecule has 1 amide bonds. The number of allylic oxidation sites excluding steroid dienone is 1. The van der Waals surface area contributed by atoms with Gasteiger partial charge in [-0.3, -0.25) is 9.78 Å². The van der Waals surface area contributed by atoms with Gasteiger partial charge in [0.25, 0.3) is 0 Å². The van der Waals surface area contributed by atoms with Gasteiger partial charge in [0.2, 0.25) is 5.91 Å². The Morgan fingerprint density at radius 1 is 1.62 bits per heavy atom.